The standard InChI is InChI=1S/C26H23N9O/c1-14(2)26(36)31-17-4-16(7-27-8-17)20-6-19-23(10-29-20)33-34-25(19)21-5-18-22(32-21)9-28-11-24(18)35-12-15(3)30-13-35/h4-14,32H,1-3H3,(H,31,36)(H,33,34). The highest BCUT2D eigenvalue weighted by atomic mass is 16.1. The Morgan fingerprint density at radius 1 is 0.972 bits per heavy atom. The summed E-state index contributed by atoms with van der Waals surface area (Å²) in [6, 6.07) is 5.92. The van der Waals surface area contributed by atoms with Crippen LogP contribution in [0.2, 0.25) is 0 Å². The van der Waals surface area contributed by atoms with E-state index in [1.165, 1.54) is 0 Å². The van der Waals surface area contributed by atoms with Crippen molar-refractivity contribution in [2.75, 3.05) is 5.32 Å². The number of fused-ring (bicyclic) bond motifs is 2. The largest absolute Gasteiger partial charge is 0.352 e. The fourth-order valence-corrected chi connectivity index (χ4v) is 4.14. The number of anilines is 1. The highest BCUT2D eigenvalue weighted by molar-refractivity contribution is 5.98. The van der Waals surface area contributed by atoms with Gasteiger partial charge in [-0.1, -0.05) is 13.8 Å². The van der Waals surface area contributed by atoms with Crippen molar-refractivity contribution in [1.29, 1.82) is 0 Å². The molecule has 0 atom stereocenters. The molecular weight excluding hydrogens is 454 g/mol. The van der Waals surface area contributed by atoms with Gasteiger partial charge in [-0.05, 0) is 25.1 Å². The fraction of sp³-hybridized carbons (Fsp3) is 0.154. The third-order valence-electron chi connectivity index (χ3n) is 6.04. The number of pyridine rings is 3. The molecule has 6 heterocycles. The van der Waals surface area contributed by atoms with Gasteiger partial charge >= 0.3 is 0 Å². The number of hydrogen-bond donors (Lipinski definition) is 3. The summed E-state index contributed by atoms with van der Waals surface area (Å²) in [6.45, 7) is 5.65. The van der Waals surface area contributed by atoms with Crippen LogP contribution in [0.4, 0.5) is 5.69 Å². The molecule has 0 spiro atoms. The first-order chi connectivity index (χ1) is 17.5. The Bertz CT molecular complexity index is 1740. The Labute approximate surface area is 205 Å². The van der Waals surface area contributed by atoms with Crippen LogP contribution in [0.15, 0.2) is 61.7 Å². The van der Waals surface area contributed by atoms with Crippen LogP contribution in [0.3, 0.4) is 0 Å². The number of H-pyrrole nitrogens is 2. The molecule has 0 radical (unpaired) electrons. The lowest BCUT2D eigenvalue weighted by Crippen LogP contribution is -2.17. The highest BCUT2D eigenvalue weighted by Crippen LogP contribution is 2.32. The van der Waals surface area contributed by atoms with Crippen molar-refractivity contribution in [2.45, 2.75) is 20.8 Å². The summed E-state index contributed by atoms with van der Waals surface area (Å²) in [5.74, 6) is -0.186. The normalized spacial score (nSPS) is 11.6. The topological polar surface area (TPSA) is 130 Å². The van der Waals surface area contributed by atoms with Crippen molar-refractivity contribution in [1.82, 2.24) is 39.7 Å². The van der Waals surface area contributed by atoms with E-state index in [1.807, 2.05) is 49.9 Å². The molecule has 0 aromatic carbocycles. The number of aromatic amines is 2. The molecule has 0 aliphatic rings. The van der Waals surface area contributed by atoms with Crippen LogP contribution in [0.25, 0.3) is 50.1 Å². The van der Waals surface area contributed by atoms with Crippen LogP contribution < -0.4 is 5.32 Å². The molecule has 0 saturated carbocycles. The zero-order chi connectivity index (χ0) is 24.8. The van der Waals surface area contributed by atoms with E-state index >= 15 is 0 Å². The minimum Gasteiger partial charge on any atom is -0.352 e. The predicted molar refractivity (Wildman–Crippen MR) is 138 cm³/mol. The van der Waals surface area contributed by atoms with Gasteiger partial charge in [-0.25, -0.2) is 4.98 Å². The second-order valence-electron chi connectivity index (χ2n) is 9.02. The second kappa shape index (κ2) is 8.42. The number of amides is 1. The summed E-state index contributed by atoms with van der Waals surface area (Å²) >= 11 is 0. The Hall–Kier alpha value is -4.86. The van der Waals surface area contributed by atoms with Gasteiger partial charge in [0.15, 0.2) is 0 Å². The van der Waals surface area contributed by atoms with Crippen LogP contribution in [0, 0.1) is 12.8 Å². The SMILES string of the molecule is Cc1cn(-c2cncc3[nH]c(-c4n[nH]c5cnc(-c6cncc(NC(=O)C(C)C)c6)cc45)cc23)cn1. The zero-order valence-corrected chi connectivity index (χ0v) is 19.9. The van der Waals surface area contributed by atoms with Gasteiger partial charge in [0.2, 0.25) is 5.91 Å². The van der Waals surface area contributed by atoms with Gasteiger partial charge in [0.1, 0.15) is 5.69 Å². The van der Waals surface area contributed by atoms with Crippen molar-refractivity contribution in [2.24, 2.45) is 5.92 Å². The molecule has 0 aliphatic carbocycles. The second-order valence-corrected chi connectivity index (χ2v) is 9.02. The number of nitrogens with zero attached hydrogens (tertiary/aromatic N) is 6. The van der Waals surface area contributed by atoms with Gasteiger partial charge in [-0.2, -0.15) is 5.10 Å². The molecule has 1 amide bonds. The zero-order valence-electron chi connectivity index (χ0n) is 19.9. The maximum Gasteiger partial charge on any atom is 0.226 e. The molecule has 10 nitrogen and oxygen atoms in total. The monoisotopic (exact) mass is 477 g/mol. The van der Waals surface area contributed by atoms with Crippen molar-refractivity contribution in [3.8, 4) is 28.3 Å². The molecule has 178 valence electrons. The molecule has 10 heteroatoms. The van der Waals surface area contributed by atoms with Crippen molar-refractivity contribution >= 4 is 33.4 Å². The maximum absolute atomic E-state index is 12.1. The van der Waals surface area contributed by atoms with E-state index in [1.54, 1.807) is 31.1 Å². The van der Waals surface area contributed by atoms with Crippen LogP contribution in [-0.4, -0.2) is 45.6 Å². The summed E-state index contributed by atoms with van der Waals surface area (Å²) in [5, 5.41) is 12.5. The molecular formula is C26H23N9O. The smallest absolute Gasteiger partial charge is 0.226 e. The van der Waals surface area contributed by atoms with Gasteiger partial charge < -0.3 is 14.9 Å². The molecule has 6 aromatic heterocycles. The van der Waals surface area contributed by atoms with Crippen molar-refractivity contribution in [3.05, 3.63) is 67.4 Å². The van der Waals surface area contributed by atoms with Crippen LogP contribution in [-0.2, 0) is 4.79 Å². The molecule has 0 bridgehead atoms. The Kier molecular flexibility index (Phi) is 5.06. The van der Waals surface area contributed by atoms with Crippen LogP contribution >= 0.6 is 0 Å². The lowest BCUT2D eigenvalue weighted by atomic mass is 10.1. The van der Waals surface area contributed by atoms with E-state index in [0.717, 1.165) is 55.8 Å². The van der Waals surface area contributed by atoms with Gasteiger partial charge in [-0.3, -0.25) is 24.8 Å². The molecule has 0 unspecified atom stereocenters. The number of carbonyl (C=O) groups is 1. The summed E-state index contributed by atoms with van der Waals surface area (Å²) in [7, 11) is 0. The molecule has 0 aliphatic heterocycles. The average molecular weight is 478 g/mol. The first kappa shape index (κ1) is 21.7. The van der Waals surface area contributed by atoms with Crippen molar-refractivity contribution < 1.29 is 4.79 Å². The number of nitrogens with one attached hydrogen (secondary N) is 3. The van der Waals surface area contributed by atoms with Gasteiger partial charge in [0.25, 0.3) is 0 Å². The van der Waals surface area contributed by atoms with Crippen LogP contribution in [0.5, 0.6) is 0 Å². The van der Waals surface area contributed by atoms with E-state index in [9.17, 15) is 4.79 Å². The predicted octanol–water partition coefficient (Wildman–Crippen LogP) is 4.65. The molecule has 36 heavy (non-hydrogen) atoms. The third-order valence-corrected chi connectivity index (χ3v) is 6.04. The van der Waals surface area contributed by atoms with Gasteiger partial charge in [-0.15, -0.1) is 0 Å². The fourth-order valence-electron chi connectivity index (χ4n) is 4.14. The molecule has 6 rings (SSSR count). The van der Waals surface area contributed by atoms with E-state index in [0.29, 0.717) is 5.69 Å². The number of aromatic nitrogens is 8. The van der Waals surface area contributed by atoms with Gasteiger partial charge in [0, 0.05) is 34.6 Å². The first-order valence-electron chi connectivity index (χ1n) is 11.5. The number of hydrogen-bond acceptors (Lipinski definition) is 6. The summed E-state index contributed by atoms with van der Waals surface area (Å²) in [5.41, 5.74) is 7.36. The summed E-state index contributed by atoms with van der Waals surface area (Å²) in [6.07, 6.45) is 12.5. The molecule has 0 saturated heterocycles. The van der Waals surface area contributed by atoms with E-state index in [4.69, 9.17) is 0 Å². The lowest BCUT2D eigenvalue weighted by molar-refractivity contribution is -0.118. The minimum atomic E-state index is -0.124. The van der Waals surface area contributed by atoms with E-state index < -0.39 is 0 Å². The van der Waals surface area contributed by atoms with E-state index in [-0.39, 0.29) is 11.8 Å². The lowest BCUT2D eigenvalue weighted by Gasteiger charge is -2.08. The van der Waals surface area contributed by atoms with E-state index in [2.05, 4.69) is 46.5 Å². The first-order valence-corrected chi connectivity index (χ1v) is 11.5. The number of carbonyl (C=O) groups excluding carboxylic acids is 1. The minimum absolute atomic E-state index is 0.0620. The Balaban J connectivity index is 1.41. The summed E-state index contributed by atoms with van der Waals surface area (Å²) < 4.78 is 1.96. The Morgan fingerprint density at radius 2 is 1.83 bits per heavy atom. The van der Waals surface area contributed by atoms with Gasteiger partial charge in [0.05, 0.1) is 70.6 Å². The Morgan fingerprint density at radius 3 is 2.64 bits per heavy atom. The molecule has 0 fully saturated rings. The molecule has 3 N–H and O–H groups in total. The molecule has 6 aromatic rings. The van der Waals surface area contributed by atoms with Crippen molar-refractivity contribution in [3.63, 3.8) is 0 Å². The average Bonchev–Trinajstić information content (AvgIpc) is 3.61. The number of aryl methyl sites for hydroxylation is 1. The summed E-state index contributed by atoms with van der Waals surface area (Å²) in [4.78, 5) is 33.2. The number of imidazole rings is 1. The maximum atomic E-state index is 12.1. The number of rotatable bonds is 5. The quantitative estimate of drug-likeness (QED) is 0.331. The third kappa shape index (κ3) is 3.78. The van der Waals surface area contributed by atoms with Crippen LogP contribution in [0.1, 0.15) is 19.5 Å². The highest BCUT2D eigenvalue weighted by Gasteiger charge is 2.16.